The molecular formula is C39H41F2N7O6. The highest BCUT2D eigenvalue weighted by Gasteiger charge is 2.24. The molecule has 0 aliphatic carbocycles. The van der Waals surface area contributed by atoms with Crippen LogP contribution in [0.3, 0.4) is 0 Å². The van der Waals surface area contributed by atoms with Crippen molar-refractivity contribution in [1.82, 2.24) is 19.9 Å². The molecular weight excluding hydrogens is 700 g/mol. The number of nitrogens with zero attached hydrogens (tertiary/aromatic N) is 4. The number of methoxy groups -OCH3 is 1. The number of esters is 1. The molecule has 0 radical (unpaired) electrons. The number of halogens is 2. The second kappa shape index (κ2) is 18.4. The summed E-state index contributed by atoms with van der Waals surface area (Å²) in [6, 6.07) is 19.0. The molecule has 2 heterocycles. The Morgan fingerprint density at radius 1 is 0.963 bits per heavy atom. The maximum Gasteiger partial charge on any atom is 0.412 e. The summed E-state index contributed by atoms with van der Waals surface area (Å²) in [5, 5.41) is 14.0. The number of amides is 2. The van der Waals surface area contributed by atoms with Gasteiger partial charge in [-0.05, 0) is 73.2 Å². The van der Waals surface area contributed by atoms with E-state index in [1.165, 1.54) is 18.2 Å². The van der Waals surface area contributed by atoms with Gasteiger partial charge in [-0.3, -0.25) is 25.2 Å². The van der Waals surface area contributed by atoms with Gasteiger partial charge in [0.15, 0.2) is 11.6 Å². The van der Waals surface area contributed by atoms with Gasteiger partial charge in [0, 0.05) is 36.6 Å². The molecule has 0 spiro atoms. The Morgan fingerprint density at radius 3 is 2.46 bits per heavy atom. The lowest BCUT2D eigenvalue weighted by Gasteiger charge is -2.21. The van der Waals surface area contributed by atoms with Gasteiger partial charge in [-0.15, -0.1) is 0 Å². The van der Waals surface area contributed by atoms with Crippen molar-refractivity contribution in [2.45, 2.75) is 45.6 Å². The monoisotopic (exact) mass is 741 g/mol. The van der Waals surface area contributed by atoms with E-state index in [1.807, 2.05) is 11.6 Å². The smallest absolute Gasteiger partial charge is 0.412 e. The van der Waals surface area contributed by atoms with Crippen molar-refractivity contribution in [3.63, 3.8) is 0 Å². The lowest BCUT2D eigenvalue weighted by molar-refractivity contribution is -0.134. The predicted molar refractivity (Wildman–Crippen MR) is 199 cm³/mol. The number of benzene rings is 3. The summed E-state index contributed by atoms with van der Waals surface area (Å²) in [5.74, 6) is -3.91. The van der Waals surface area contributed by atoms with Gasteiger partial charge in [0.1, 0.15) is 17.5 Å². The van der Waals surface area contributed by atoms with E-state index in [-0.39, 0.29) is 35.9 Å². The number of alkyl carbamates (subject to hydrolysis) is 1. The number of unbranched alkanes of at least 4 members (excludes halogenated alkanes) is 3. The molecule has 13 nitrogen and oxygen atoms in total. The van der Waals surface area contributed by atoms with Gasteiger partial charge < -0.3 is 24.1 Å². The predicted octanol–water partition coefficient (Wildman–Crippen LogP) is 7.14. The summed E-state index contributed by atoms with van der Waals surface area (Å²) in [4.78, 5) is 49.0. The van der Waals surface area contributed by atoms with Crippen LogP contribution in [0, 0.1) is 17.0 Å². The van der Waals surface area contributed by atoms with Crippen LogP contribution in [0.1, 0.15) is 60.8 Å². The number of rotatable bonds is 16. The number of imidazole rings is 1. The fourth-order valence-corrected chi connectivity index (χ4v) is 5.51. The third kappa shape index (κ3) is 9.73. The van der Waals surface area contributed by atoms with Crippen LogP contribution in [0.15, 0.2) is 79.0 Å². The molecule has 3 aromatic carbocycles. The largest absolute Gasteiger partial charge is 0.493 e. The summed E-state index contributed by atoms with van der Waals surface area (Å²) in [6.07, 6.45) is 4.43. The molecule has 54 heavy (non-hydrogen) atoms. The minimum atomic E-state index is -1.37. The van der Waals surface area contributed by atoms with Crippen LogP contribution in [0.2, 0.25) is 0 Å². The molecule has 3 N–H and O–H groups in total. The highest BCUT2D eigenvalue weighted by atomic mass is 19.2. The Balaban J connectivity index is 1.22. The Hall–Kier alpha value is -6.38. The van der Waals surface area contributed by atoms with Crippen LogP contribution in [-0.2, 0) is 23.1 Å². The van der Waals surface area contributed by atoms with Crippen LogP contribution in [0.25, 0.3) is 11.0 Å². The number of carbonyl (C=O) groups excluding carboxylic acids is 3. The molecule has 5 rings (SSSR count). The molecule has 2 aromatic heterocycles. The zero-order chi connectivity index (χ0) is 38.6. The molecule has 0 fully saturated rings. The van der Waals surface area contributed by atoms with E-state index in [4.69, 9.17) is 24.6 Å². The normalized spacial score (nSPS) is 10.8. The van der Waals surface area contributed by atoms with Crippen LogP contribution in [0.5, 0.6) is 11.5 Å². The number of nitrogens with one attached hydrogen (secondary N) is 3. The molecule has 0 aliphatic rings. The third-order valence-corrected chi connectivity index (χ3v) is 8.46. The van der Waals surface area contributed by atoms with E-state index in [0.717, 1.165) is 49.0 Å². The SMILES string of the molecule is CCCCCCOC(=O)NC(=N)c1ccc(NCc2nc3cc(C(=O)N(CCC(=O)Oc4c(OC)ccc(F)c4F)c4ccccn4)ccc3n2C)cc1. The number of pyridine rings is 1. The van der Waals surface area contributed by atoms with E-state index < -0.39 is 35.4 Å². The fourth-order valence-electron chi connectivity index (χ4n) is 5.51. The summed E-state index contributed by atoms with van der Waals surface area (Å²) in [7, 11) is 3.09. The average molecular weight is 742 g/mol. The second-order valence-corrected chi connectivity index (χ2v) is 12.2. The molecule has 0 aliphatic heterocycles. The average Bonchev–Trinajstić information content (AvgIpc) is 3.50. The van der Waals surface area contributed by atoms with E-state index in [9.17, 15) is 23.2 Å². The van der Waals surface area contributed by atoms with Gasteiger partial charge in [-0.25, -0.2) is 19.2 Å². The topological polar surface area (TPSA) is 161 Å². The highest BCUT2D eigenvalue weighted by Crippen LogP contribution is 2.32. The van der Waals surface area contributed by atoms with Crippen molar-refractivity contribution in [3.05, 3.63) is 108 Å². The van der Waals surface area contributed by atoms with Crippen molar-refractivity contribution in [2.24, 2.45) is 7.05 Å². The van der Waals surface area contributed by atoms with Gasteiger partial charge >= 0.3 is 12.1 Å². The first-order chi connectivity index (χ1) is 26.1. The zero-order valence-corrected chi connectivity index (χ0v) is 30.2. The maximum absolute atomic E-state index is 14.4. The minimum absolute atomic E-state index is 0.0673. The fraction of sp³-hybridized carbons (Fsp3) is 0.282. The van der Waals surface area contributed by atoms with Crippen LogP contribution < -0.4 is 25.0 Å². The lowest BCUT2D eigenvalue weighted by Crippen LogP contribution is -2.34. The second-order valence-electron chi connectivity index (χ2n) is 12.2. The lowest BCUT2D eigenvalue weighted by atomic mass is 10.1. The van der Waals surface area contributed by atoms with Crippen molar-refractivity contribution in [2.75, 3.05) is 30.5 Å². The van der Waals surface area contributed by atoms with Crippen LogP contribution in [0.4, 0.5) is 25.1 Å². The summed E-state index contributed by atoms with van der Waals surface area (Å²) >= 11 is 0. The van der Waals surface area contributed by atoms with Crippen LogP contribution in [-0.4, -0.2) is 58.6 Å². The number of carbonyl (C=O) groups is 3. The molecule has 0 saturated carbocycles. The Labute approximate surface area is 310 Å². The standard InChI is InChI=1S/C39H41F2N7O6/c1-4-5-6-9-22-53-39(51)46-37(42)25-11-14-27(15-12-25)44-24-33-45-29-23-26(13-17-30(29)47(33)2)38(50)48(32-10-7-8-20-43-32)21-19-34(49)54-36-31(52-3)18-16-28(40)35(36)41/h7-8,10-18,20,23,44H,4-6,9,19,21-22,24H2,1-3H3,(H2,42,46,51). The Morgan fingerprint density at radius 2 is 1.74 bits per heavy atom. The van der Waals surface area contributed by atoms with Crippen molar-refractivity contribution >= 4 is 46.3 Å². The molecule has 0 unspecified atom stereocenters. The molecule has 0 saturated heterocycles. The van der Waals surface area contributed by atoms with Crippen molar-refractivity contribution in [3.8, 4) is 11.5 Å². The number of aryl methyl sites for hydroxylation is 1. The molecule has 0 atom stereocenters. The van der Waals surface area contributed by atoms with Gasteiger partial charge in [0.25, 0.3) is 5.91 Å². The number of hydrogen-bond donors (Lipinski definition) is 3. The van der Waals surface area contributed by atoms with E-state index in [2.05, 4.69) is 22.5 Å². The van der Waals surface area contributed by atoms with Gasteiger partial charge in [-0.1, -0.05) is 32.3 Å². The summed E-state index contributed by atoms with van der Waals surface area (Å²) < 4.78 is 45.4. The van der Waals surface area contributed by atoms with Gasteiger partial charge in [0.2, 0.25) is 11.6 Å². The van der Waals surface area contributed by atoms with E-state index >= 15 is 0 Å². The Bertz CT molecular complexity index is 2110. The number of ether oxygens (including phenoxy) is 3. The van der Waals surface area contributed by atoms with Crippen LogP contribution >= 0.6 is 0 Å². The summed E-state index contributed by atoms with van der Waals surface area (Å²) in [6.45, 7) is 2.58. The number of aromatic nitrogens is 3. The van der Waals surface area contributed by atoms with E-state index in [0.29, 0.717) is 30.1 Å². The molecule has 5 aromatic rings. The molecule has 15 heteroatoms. The molecule has 2 amide bonds. The summed E-state index contributed by atoms with van der Waals surface area (Å²) in [5.41, 5.74) is 2.89. The maximum atomic E-state index is 14.4. The number of amidine groups is 1. The van der Waals surface area contributed by atoms with Crippen molar-refractivity contribution < 1.29 is 37.4 Å². The third-order valence-electron chi connectivity index (χ3n) is 8.46. The highest BCUT2D eigenvalue weighted by molar-refractivity contribution is 6.07. The van der Waals surface area contributed by atoms with Gasteiger partial charge in [-0.2, -0.15) is 4.39 Å². The van der Waals surface area contributed by atoms with E-state index in [1.54, 1.807) is 60.7 Å². The minimum Gasteiger partial charge on any atom is -0.493 e. The number of anilines is 2. The molecule has 0 bridgehead atoms. The quantitative estimate of drug-likeness (QED) is 0.0314. The molecule has 282 valence electrons. The first kappa shape index (κ1) is 38.8. The number of fused-ring (bicyclic) bond motifs is 1. The van der Waals surface area contributed by atoms with Gasteiger partial charge in [0.05, 0.1) is 37.7 Å². The first-order valence-electron chi connectivity index (χ1n) is 17.4. The Kier molecular flexibility index (Phi) is 13.2. The first-order valence-corrected chi connectivity index (χ1v) is 17.4. The zero-order valence-electron chi connectivity index (χ0n) is 30.2. The number of hydrogen-bond acceptors (Lipinski definition) is 10. The van der Waals surface area contributed by atoms with Crippen molar-refractivity contribution in [1.29, 1.82) is 5.41 Å².